The number of hydrogen-bond acceptors (Lipinski definition) is 0. The van der Waals surface area contributed by atoms with E-state index in [2.05, 4.69) is 102 Å². The summed E-state index contributed by atoms with van der Waals surface area (Å²) in [5.74, 6) is 7.32. The number of rotatable bonds is 70. The molecule has 556 valence electrons. The van der Waals surface area contributed by atoms with Gasteiger partial charge in [0.15, 0.2) is 0 Å². The summed E-state index contributed by atoms with van der Waals surface area (Å²) < 4.78 is 1.51. The fraction of sp³-hybridized carbons (Fsp3) is 0.806. The molecule has 2 aromatic carbocycles. The molecule has 2 nitrogen and oxygen atoms in total. The maximum absolute atomic E-state index is 12.2. The second-order valence-corrected chi connectivity index (χ2v) is 31.7. The zero-order chi connectivity index (χ0) is 68.8. The first-order valence-corrected chi connectivity index (χ1v) is 45.0. The summed E-state index contributed by atoms with van der Waals surface area (Å²) in [5, 5.41) is 2.87. The predicted octanol–water partition coefficient (Wildman–Crippen LogP) is 33.3. The van der Waals surface area contributed by atoms with Gasteiger partial charge in [0.25, 0.3) is 0 Å². The second kappa shape index (κ2) is 71.0. The normalized spacial score (nSPS) is 12.4. The molecule has 3 rings (SSSR count). The predicted molar refractivity (Wildman–Crippen MR) is 429 cm³/mol. The second-order valence-electron chi connectivity index (χ2n) is 30.2. The zero-order valence-electron chi connectivity index (χ0n) is 65.6. The van der Waals surface area contributed by atoms with Gasteiger partial charge in [0, 0.05) is 23.1 Å². The van der Waals surface area contributed by atoms with E-state index in [0.29, 0.717) is 0 Å². The standard InChI is InChI=1S/C61H98N2.2C16H33.Ni/c1-5-9-13-15-17-18-19-20-21-22-23-24-25-26-27-28-29-30-31-32-33-34-35-36-38-41-48-59-58(47-39-11-7-3)60(56-51-49-54(50-52-56)44-40-37-16-14-10-6-2)63(62)61(59)57-46-42-45-55(53-57)43-12-8-4;2*1-3-5-7-9-11-13-15-16-14-12-10-8-6-4-2;/h42,45-46,49-53H,5-40,43-44,47H2,1-4H3;2*1,3-16H2,2H3;. The van der Waals surface area contributed by atoms with E-state index in [0.717, 1.165) is 66.6 Å². The van der Waals surface area contributed by atoms with Gasteiger partial charge in [-0.15, -0.1) is 0 Å². The van der Waals surface area contributed by atoms with E-state index < -0.39 is 0 Å². The summed E-state index contributed by atoms with van der Waals surface area (Å²) in [6.45, 7) is 13.7. The molecular formula is C93H164N2Ni. The van der Waals surface area contributed by atoms with E-state index in [9.17, 15) is 5.53 Å². The maximum atomic E-state index is 12.2. The number of nitrogens with zero attached hydrogens (tertiary/aromatic N) is 2. The van der Waals surface area contributed by atoms with Gasteiger partial charge in [-0.3, -0.25) is 0 Å². The van der Waals surface area contributed by atoms with Crippen LogP contribution in [0.1, 0.15) is 481 Å². The molecule has 0 amide bonds. The topological polar surface area (TPSA) is 25.3 Å². The van der Waals surface area contributed by atoms with Crippen LogP contribution in [-0.4, -0.2) is 4.70 Å². The van der Waals surface area contributed by atoms with Crippen LogP contribution in [0, 0.1) is 11.8 Å². The molecule has 0 radical (unpaired) electrons. The van der Waals surface area contributed by atoms with Crippen LogP contribution in [-0.2, 0) is 27.3 Å². The van der Waals surface area contributed by atoms with Crippen molar-refractivity contribution in [2.45, 2.75) is 483 Å². The zero-order valence-corrected chi connectivity index (χ0v) is 66.6. The van der Waals surface area contributed by atoms with Gasteiger partial charge < -0.3 is 5.53 Å². The van der Waals surface area contributed by atoms with E-state index in [1.165, 1.54) is 424 Å². The first-order chi connectivity index (χ1) is 47.6. The van der Waals surface area contributed by atoms with Gasteiger partial charge in [-0.2, -0.15) is 0 Å². The van der Waals surface area contributed by atoms with Crippen molar-refractivity contribution >= 4 is 11.4 Å². The van der Waals surface area contributed by atoms with Crippen LogP contribution >= 0.6 is 0 Å². The SMILES string of the molecule is CCCCCCCCCCCCCCCCCCCCCCCCCCC#CC1=C(c2cccc(CCCC)c2)[N+](=[N-])C(c2ccc(CCCCCCCC)cc2)=C1CCCCC.CCCCCCCCCCCCCCC[CH2][Ni][CH2]CCCCCCCCCCCCCCC. The van der Waals surface area contributed by atoms with Gasteiger partial charge in [0.05, 0.1) is 0 Å². The number of unbranched alkanes of at least 4 members (excludes halogenated alkanes) is 58. The average Bonchev–Trinajstić information content (AvgIpc) is 1.62. The summed E-state index contributed by atoms with van der Waals surface area (Å²) in [6.07, 6.45) is 93.0. The Labute approximate surface area is 608 Å². The summed E-state index contributed by atoms with van der Waals surface area (Å²) >= 11 is 2.04. The van der Waals surface area contributed by atoms with Crippen molar-refractivity contribution in [2.24, 2.45) is 0 Å². The van der Waals surface area contributed by atoms with Gasteiger partial charge >= 0.3 is 166 Å². The van der Waals surface area contributed by atoms with Crippen LogP contribution in [0.5, 0.6) is 0 Å². The molecule has 1 heterocycles. The molecule has 0 aliphatic carbocycles. The third-order valence-corrected chi connectivity index (χ3v) is 22.3. The van der Waals surface area contributed by atoms with Crippen LogP contribution in [0.4, 0.5) is 0 Å². The van der Waals surface area contributed by atoms with E-state index in [-0.39, 0.29) is 0 Å². The number of benzene rings is 2. The molecule has 0 aromatic heterocycles. The molecule has 96 heavy (non-hydrogen) atoms. The summed E-state index contributed by atoms with van der Waals surface area (Å²) in [7, 11) is 0. The van der Waals surface area contributed by atoms with Gasteiger partial charge in [-0.25, -0.2) is 4.70 Å². The quantitative estimate of drug-likeness (QED) is 0.0273. The van der Waals surface area contributed by atoms with Gasteiger partial charge in [-0.1, -0.05) is 315 Å². The minimum Gasteiger partial charge on any atom is -0.0654 e. The number of allylic oxidation sites excluding steroid dienone is 2. The average molecular weight is 1370 g/mol. The molecule has 3 heteroatoms. The van der Waals surface area contributed by atoms with E-state index in [1.807, 2.05) is 14.4 Å². The Hall–Kier alpha value is -2.43. The molecule has 1 aliphatic heterocycles. The monoisotopic (exact) mass is 1370 g/mol. The Morgan fingerprint density at radius 1 is 0.281 bits per heavy atom. The Morgan fingerprint density at radius 2 is 0.583 bits per heavy atom. The van der Waals surface area contributed by atoms with Crippen molar-refractivity contribution in [1.29, 1.82) is 0 Å². The van der Waals surface area contributed by atoms with Crippen LogP contribution < -0.4 is 0 Å². The molecule has 0 saturated heterocycles. The molecule has 0 bridgehead atoms. The third-order valence-electron chi connectivity index (χ3n) is 20.9. The van der Waals surface area contributed by atoms with Crippen molar-refractivity contribution in [2.75, 3.05) is 0 Å². The summed E-state index contributed by atoms with van der Waals surface area (Å²) in [6, 6.07) is 18.0. The fourth-order valence-electron chi connectivity index (χ4n) is 14.4. The summed E-state index contributed by atoms with van der Waals surface area (Å²) in [5.41, 5.74) is 21.1. The molecule has 0 N–H and O–H groups in total. The Kier molecular flexibility index (Phi) is 66.3. The van der Waals surface area contributed by atoms with Crippen LogP contribution in [0.25, 0.3) is 16.9 Å². The Bertz CT molecular complexity index is 2090. The smallest absolute Gasteiger partial charge is 0.0654 e. The van der Waals surface area contributed by atoms with Crippen LogP contribution in [0.3, 0.4) is 0 Å². The minimum absolute atomic E-state index is 0.873. The molecule has 0 unspecified atom stereocenters. The van der Waals surface area contributed by atoms with Crippen molar-refractivity contribution in [3.05, 3.63) is 87.5 Å². The van der Waals surface area contributed by atoms with E-state index in [1.54, 1.807) is 0 Å². The van der Waals surface area contributed by atoms with Crippen molar-refractivity contribution in [3.8, 4) is 11.8 Å². The van der Waals surface area contributed by atoms with Crippen molar-refractivity contribution in [3.63, 3.8) is 0 Å². The molecule has 2 aromatic rings. The molecule has 0 atom stereocenters. The Balaban J connectivity index is 0.000000801. The first-order valence-electron chi connectivity index (χ1n) is 43.6. The minimum atomic E-state index is 0.873. The first kappa shape index (κ1) is 89.7. The molecular weight excluding hydrogens is 1200 g/mol. The van der Waals surface area contributed by atoms with E-state index in [4.69, 9.17) is 0 Å². The molecule has 0 spiro atoms. The third kappa shape index (κ3) is 51.7. The van der Waals surface area contributed by atoms with Gasteiger partial charge in [-0.05, 0) is 80.3 Å². The van der Waals surface area contributed by atoms with Crippen molar-refractivity contribution in [1.82, 2.24) is 0 Å². The molecule has 1 aliphatic rings. The molecule has 0 fully saturated rings. The molecule has 0 saturated carbocycles. The number of aryl methyl sites for hydroxylation is 2. The Morgan fingerprint density at radius 3 is 0.948 bits per heavy atom. The summed E-state index contributed by atoms with van der Waals surface area (Å²) in [4.78, 5) is 0. The van der Waals surface area contributed by atoms with E-state index >= 15 is 0 Å². The van der Waals surface area contributed by atoms with Crippen LogP contribution in [0.15, 0.2) is 59.7 Å². The van der Waals surface area contributed by atoms with Gasteiger partial charge in [0.2, 0.25) is 11.4 Å². The van der Waals surface area contributed by atoms with Crippen LogP contribution in [0.2, 0.25) is 10.8 Å². The van der Waals surface area contributed by atoms with Gasteiger partial charge in [0.1, 0.15) is 5.57 Å². The number of hydrogen-bond donors (Lipinski definition) is 0. The fourth-order valence-corrected chi connectivity index (χ4v) is 15.6. The van der Waals surface area contributed by atoms with Crippen molar-refractivity contribution < 1.29 is 19.1 Å².